The maximum absolute atomic E-state index is 6.03. The Hall–Kier alpha value is -2.10. The largest absolute Gasteiger partial charge is 0.307 e. The molecular formula is C18H16ClN3. The molecule has 2 aromatic carbocycles. The first-order valence-electron chi connectivity index (χ1n) is 7.40. The molecule has 0 atom stereocenters. The Labute approximate surface area is 134 Å². The number of nitrogens with zero attached hydrogens (tertiary/aromatic N) is 2. The van der Waals surface area contributed by atoms with Crippen LogP contribution in [0.25, 0.3) is 11.3 Å². The quantitative estimate of drug-likeness (QED) is 0.796. The summed E-state index contributed by atoms with van der Waals surface area (Å²) in [7, 11) is 0. The molecule has 0 saturated heterocycles. The first-order valence-corrected chi connectivity index (χ1v) is 7.78. The molecule has 1 aromatic heterocycles. The van der Waals surface area contributed by atoms with E-state index >= 15 is 0 Å². The molecule has 1 aliphatic rings. The van der Waals surface area contributed by atoms with Crippen molar-refractivity contribution in [2.75, 3.05) is 0 Å². The van der Waals surface area contributed by atoms with Crippen molar-refractivity contribution in [1.82, 2.24) is 15.1 Å². The minimum atomic E-state index is 0.757. The predicted molar refractivity (Wildman–Crippen MR) is 88.8 cm³/mol. The molecule has 3 aromatic rings. The molecular weight excluding hydrogens is 294 g/mol. The minimum Gasteiger partial charge on any atom is -0.307 e. The molecule has 1 N–H and O–H groups in total. The van der Waals surface area contributed by atoms with Gasteiger partial charge in [-0.15, -0.1) is 0 Å². The van der Waals surface area contributed by atoms with Gasteiger partial charge in [0.15, 0.2) is 0 Å². The molecule has 4 heteroatoms. The Morgan fingerprint density at radius 2 is 1.77 bits per heavy atom. The molecule has 0 saturated carbocycles. The molecule has 110 valence electrons. The van der Waals surface area contributed by atoms with E-state index in [0.717, 1.165) is 35.9 Å². The third kappa shape index (κ3) is 2.43. The maximum atomic E-state index is 6.03. The molecule has 3 nitrogen and oxygen atoms in total. The summed E-state index contributed by atoms with van der Waals surface area (Å²) < 4.78 is 2.12. The van der Waals surface area contributed by atoms with Crippen LogP contribution in [0, 0.1) is 0 Å². The summed E-state index contributed by atoms with van der Waals surface area (Å²) >= 11 is 6.03. The van der Waals surface area contributed by atoms with E-state index < -0.39 is 0 Å². The summed E-state index contributed by atoms with van der Waals surface area (Å²) in [5, 5.41) is 8.94. The van der Waals surface area contributed by atoms with Crippen molar-refractivity contribution in [3.63, 3.8) is 0 Å². The molecule has 4 rings (SSSR count). The highest BCUT2D eigenvalue weighted by molar-refractivity contribution is 6.30. The number of nitrogens with one attached hydrogen (secondary N) is 1. The van der Waals surface area contributed by atoms with Crippen molar-refractivity contribution in [2.24, 2.45) is 0 Å². The minimum absolute atomic E-state index is 0.757. The van der Waals surface area contributed by atoms with Crippen LogP contribution in [0.2, 0.25) is 5.02 Å². The zero-order chi connectivity index (χ0) is 14.9. The van der Waals surface area contributed by atoms with E-state index in [1.165, 1.54) is 16.8 Å². The first kappa shape index (κ1) is 13.6. The Morgan fingerprint density at radius 3 is 2.55 bits per heavy atom. The fourth-order valence-electron chi connectivity index (χ4n) is 2.98. The van der Waals surface area contributed by atoms with Gasteiger partial charge in [0.1, 0.15) is 0 Å². The van der Waals surface area contributed by atoms with Crippen LogP contribution < -0.4 is 5.32 Å². The van der Waals surface area contributed by atoms with Crippen molar-refractivity contribution in [3.05, 3.63) is 76.4 Å². The number of hydrogen-bond acceptors (Lipinski definition) is 2. The molecule has 0 radical (unpaired) electrons. The average Bonchev–Trinajstić information content (AvgIpc) is 3.10. The lowest BCUT2D eigenvalue weighted by Crippen LogP contribution is -2.09. The number of rotatable bonds is 3. The Morgan fingerprint density at radius 1 is 1.00 bits per heavy atom. The van der Waals surface area contributed by atoms with E-state index in [4.69, 9.17) is 16.7 Å². The molecule has 22 heavy (non-hydrogen) atoms. The molecule has 1 aliphatic heterocycles. The summed E-state index contributed by atoms with van der Waals surface area (Å²) in [6.45, 7) is 2.51. The summed E-state index contributed by atoms with van der Waals surface area (Å²) in [6, 6.07) is 18.5. The second-order valence-electron chi connectivity index (χ2n) is 5.53. The number of fused-ring (bicyclic) bond motifs is 1. The van der Waals surface area contributed by atoms with E-state index in [2.05, 4.69) is 46.4 Å². The second kappa shape index (κ2) is 5.59. The second-order valence-corrected chi connectivity index (χ2v) is 5.96. The van der Waals surface area contributed by atoms with Crippen molar-refractivity contribution in [3.8, 4) is 11.3 Å². The first-order chi connectivity index (χ1) is 10.8. The van der Waals surface area contributed by atoms with Gasteiger partial charge in [-0.1, -0.05) is 54.1 Å². The van der Waals surface area contributed by atoms with Crippen molar-refractivity contribution in [2.45, 2.75) is 19.6 Å². The Bertz CT molecular complexity index is 791. The highest BCUT2D eigenvalue weighted by Gasteiger charge is 2.22. The van der Waals surface area contributed by atoms with Gasteiger partial charge in [-0.05, 0) is 17.7 Å². The molecule has 0 spiro atoms. The number of benzene rings is 2. The summed E-state index contributed by atoms with van der Waals surface area (Å²) in [5.74, 6) is 0. The van der Waals surface area contributed by atoms with Crippen molar-refractivity contribution in [1.29, 1.82) is 0 Å². The van der Waals surface area contributed by atoms with E-state index in [9.17, 15) is 0 Å². The maximum Gasteiger partial charge on any atom is 0.0814 e. The van der Waals surface area contributed by atoms with Gasteiger partial charge in [0, 0.05) is 29.2 Å². The monoisotopic (exact) mass is 309 g/mol. The number of aromatic nitrogens is 2. The van der Waals surface area contributed by atoms with Gasteiger partial charge < -0.3 is 5.32 Å². The zero-order valence-corrected chi connectivity index (χ0v) is 12.8. The predicted octanol–water partition coefficient (Wildman–Crippen LogP) is 3.86. The average molecular weight is 310 g/mol. The smallest absolute Gasteiger partial charge is 0.0814 e. The third-order valence-electron chi connectivity index (χ3n) is 4.02. The molecule has 0 amide bonds. The molecule has 0 fully saturated rings. The van der Waals surface area contributed by atoms with E-state index in [0.29, 0.717) is 0 Å². The summed E-state index contributed by atoms with van der Waals surface area (Å²) in [4.78, 5) is 0. The van der Waals surface area contributed by atoms with Crippen molar-refractivity contribution >= 4 is 11.6 Å². The fraction of sp³-hybridized carbons (Fsp3) is 0.167. The van der Waals surface area contributed by atoms with Crippen LogP contribution >= 0.6 is 11.6 Å². The van der Waals surface area contributed by atoms with Gasteiger partial charge in [0.25, 0.3) is 0 Å². The summed E-state index contributed by atoms with van der Waals surface area (Å²) in [6.07, 6.45) is 0. The third-order valence-corrected chi connectivity index (χ3v) is 4.27. The highest BCUT2D eigenvalue weighted by atomic mass is 35.5. The molecule has 0 unspecified atom stereocenters. The van der Waals surface area contributed by atoms with Crippen LogP contribution in [0.5, 0.6) is 0 Å². The van der Waals surface area contributed by atoms with Gasteiger partial charge >= 0.3 is 0 Å². The van der Waals surface area contributed by atoms with Gasteiger partial charge in [0.2, 0.25) is 0 Å². The summed E-state index contributed by atoms with van der Waals surface area (Å²) in [5.41, 5.74) is 6.07. The van der Waals surface area contributed by atoms with E-state index in [1.54, 1.807) is 0 Å². The Kier molecular flexibility index (Phi) is 3.45. The van der Waals surface area contributed by atoms with Gasteiger partial charge in [-0.3, -0.25) is 4.68 Å². The fourth-order valence-corrected chi connectivity index (χ4v) is 3.11. The highest BCUT2D eigenvalue weighted by Crippen LogP contribution is 2.30. The van der Waals surface area contributed by atoms with Crippen LogP contribution in [0.4, 0.5) is 0 Å². The lowest BCUT2D eigenvalue weighted by atomic mass is 10.1. The molecule has 2 heterocycles. The van der Waals surface area contributed by atoms with Crippen LogP contribution in [0.15, 0.2) is 54.6 Å². The topological polar surface area (TPSA) is 29.9 Å². The van der Waals surface area contributed by atoms with Crippen LogP contribution in [0.3, 0.4) is 0 Å². The standard InChI is InChI=1S/C18H16ClN3/c19-15-8-6-14(7-9-15)18-16-10-20-11-17(16)21-22(18)12-13-4-2-1-3-5-13/h1-9,20H,10-12H2. The number of halogens is 1. The molecule has 0 bridgehead atoms. The van der Waals surface area contributed by atoms with Crippen LogP contribution in [0.1, 0.15) is 16.8 Å². The SMILES string of the molecule is Clc1ccc(-c2c3c(nn2Cc2ccccc2)CNC3)cc1. The van der Waals surface area contributed by atoms with E-state index in [-0.39, 0.29) is 0 Å². The van der Waals surface area contributed by atoms with Crippen LogP contribution in [-0.4, -0.2) is 9.78 Å². The molecule has 0 aliphatic carbocycles. The lowest BCUT2D eigenvalue weighted by Gasteiger charge is -2.10. The Balaban J connectivity index is 1.80. The van der Waals surface area contributed by atoms with Gasteiger partial charge in [-0.2, -0.15) is 5.10 Å². The van der Waals surface area contributed by atoms with Crippen molar-refractivity contribution < 1.29 is 0 Å². The van der Waals surface area contributed by atoms with Gasteiger partial charge in [-0.25, -0.2) is 0 Å². The zero-order valence-electron chi connectivity index (χ0n) is 12.1. The van der Waals surface area contributed by atoms with Gasteiger partial charge in [0.05, 0.1) is 17.9 Å². The lowest BCUT2D eigenvalue weighted by molar-refractivity contribution is 0.652. The number of hydrogen-bond donors (Lipinski definition) is 1. The van der Waals surface area contributed by atoms with Crippen LogP contribution in [-0.2, 0) is 19.6 Å². The van der Waals surface area contributed by atoms with E-state index in [1.807, 2.05) is 18.2 Å². The normalized spacial score (nSPS) is 13.3.